The second-order valence-electron chi connectivity index (χ2n) is 6.05. The lowest BCUT2D eigenvalue weighted by molar-refractivity contribution is -0.131. The van der Waals surface area contributed by atoms with Crippen molar-refractivity contribution >= 4 is 29.3 Å². The number of likely N-dealkylation sites (tertiary alicyclic amines) is 1. The molecule has 0 bridgehead atoms. The van der Waals surface area contributed by atoms with E-state index in [0.717, 1.165) is 25.8 Å². The van der Waals surface area contributed by atoms with Crippen LogP contribution in [0.4, 0.5) is 0 Å². The molecule has 2 N–H and O–H groups in total. The third-order valence-corrected chi connectivity index (χ3v) is 4.37. The highest BCUT2D eigenvalue weighted by molar-refractivity contribution is 6.30. The van der Waals surface area contributed by atoms with E-state index in [9.17, 15) is 14.4 Å². The Morgan fingerprint density at radius 1 is 1.04 bits per heavy atom. The van der Waals surface area contributed by atoms with Gasteiger partial charge in [0.15, 0.2) is 0 Å². The van der Waals surface area contributed by atoms with Crippen LogP contribution in [0.1, 0.15) is 42.5 Å². The van der Waals surface area contributed by atoms with Crippen molar-refractivity contribution in [2.24, 2.45) is 0 Å². The number of carbonyl (C=O) groups is 3. The van der Waals surface area contributed by atoms with Crippen molar-refractivity contribution in [1.82, 2.24) is 15.5 Å². The molecule has 136 valence electrons. The van der Waals surface area contributed by atoms with Crippen LogP contribution in [-0.2, 0) is 9.59 Å². The quantitative estimate of drug-likeness (QED) is 0.775. The maximum atomic E-state index is 11.9. The Kier molecular flexibility index (Phi) is 7.73. The van der Waals surface area contributed by atoms with Gasteiger partial charge in [0.25, 0.3) is 5.91 Å². The Morgan fingerprint density at radius 2 is 1.80 bits per heavy atom. The van der Waals surface area contributed by atoms with Gasteiger partial charge in [-0.25, -0.2) is 0 Å². The molecular formula is C18H24ClN3O3. The Hall–Kier alpha value is -2.08. The van der Waals surface area contributed by atoms with Crippen LogP contribution in [0.5, 0.6) is 0 Å². The lowest BCUT2D eigenvalue weighted by atomic mass is 10.2. The first kappa shape index (κ1) is 19.2. The number of hydrogen-bond acceptors (Lipinski definition) is 3. The zero-order chi connectivity index (χ0) is 18.1. The topological polar surface area (TPSA) is 78.5 Å². The number of benzene rings is 1. The van der Waals surface area contributed by atoms with Crippen LogP contribution in [0.2, 0.25) is 5.02 Å². The molecule has 1 aliphatic heterocycles. The predicted molar refractivity (Wildman–Crippen MR) is 96.5 cm³/mol. The molecule has 25 heavy (non-hydrogen) atoms. The van der Waals surface area contributed by atoms with Gasteiger partial charge in [0.05, 0.1) is 0 Å². The average Bonchev–Trinajstić information content (AvgIpc) is 2.80. The molecule has 0 atom stereocenters. The zero-order valence-corrected chi connectivity index (χ0v) is 15.0. The van der Waals surface area contributed by atoms with E-state index in [4.69, 9.17) is 11.6 Å². The highest BCUT2D eigenvalue weighted by atomic mass is 35.5. The van der Waals surface area contributed by atoms with Gasteiger partial charge in [0.1, 0.15) is 0 Å². The molecule has 0 aromatic heterocycles. The van der Waals surface area contributed by atoms with E-state index in [1.165, 1.54) is 0 Å². The fraction of sp³-hybridized carbons (Fsp3) is 0.500. The minimum Gasteiger partial charge on any atom is -0.354 e. The molecule has 1 fully saturated rings. The molecule has 3 amide bonds. The van der Waals surface area contributed by atoms with Gasteiger partial charge in [-0.2, -0.15) is 0 Å². The summed E-state index contributed by atoms with van der Waals surface area (Å²) in [6.45, 7) is 2.01. The lowest BCUT2D eigenvalue weighted by Gasteiger charge is -2.20. The van der Waals surface area contributed by atoms with E-state index >= 15 is 0 Å². The molecule has 2 rings (SSSR count). The lowest BCUT2D eigenvalue weighted by Crippen LogP contribution is -2.39. The van der Waals surface area contributed by atoms with Crippen molar-refractivity contribution in [3.63, 3.8) is 0 Å². The van der Waals surface area contributed by atoms with Crippen molar-refractivity contribution < 1.29 is 14.4 Å². The number of carbonyl (C=O) groups excluding carboxylic acids is 3. The Morgan fingerprint density at radius 3 is 2.56 bits per heavy atom. The molecule has 0 radical (unpaired) electrons. The Bertz CT molecular complexity index is 604. The number of nitrogens with zero attached hydrogens (tertiary/aromatic N) is 1. The first-order chi connectivity index (χ1) is 12.1. The van der Waals surface area contributed by atoms with Crippen molar-refractivity contribution in [3.8, 4) is 0 Å². The van der Waals surface area contributed by atoms with Gasteiger partial charge in [-0.15, -0.1) is 0 Å². The van der Waals surface area contributed by atoms with Gasteiger partial charge in [0, 0.05) is 49.6 Å². The van der Waals surface area contributed by atoms with Crippen LogP contribution in [0.3, 0.4) is 0 Å². The minimum absolute atomic E-state index is 0.140. The van der Waals surface area contributed by atoms with E-state index in [1.54, 1.807) is 24.3 Å². The second kappa shape index (κ2) is 10.0. The number of amides is 3. The van der Waals surface area contributed by atoms with E-state index in [1.807, 2.05) is 4.90 Å². The van der Waals surface area contributed by atoms with Crippen molar-refractivity contribution in [3.05, 3.63) is 34.9 Å². The summed E-state index contributed by atoms with van der Waals surface area (Å²) >= 11 is 5.78. The fourth-order valence-electron chi connectivity index (χ4n) is 2.69. The smallest absolute Gasteiger partial charge is 0.251 e. The summed E-state index contributed by atoms with van der Waals surface area (Å²) < 4.78 is 0. The Labute approximate surface area is 152 Å². The van der Waals surface area contributed by atoms with E-state index < -0.39 is 0 Å². The van der Waals surface area contributed by atoms with Crippen molar-refractivity contribution in [1.29, 1.82) is 0 Å². The summed E-state index contributed by atoms with van der Waals surface area (Å²) in [5.41, 5.74) is 0.504. The summed E-state index contributed by atoms with van der Waals surface area (Å²) in [6.07, 6.45) is 3.87. The zero-order valence-electron chi connectivity index (χ0n) is 14.2. The third-order valence-electron chi connectivity index (χ3n) is 4.12. The van der Waals surface area contributed by atoms with Crippen LogP contribution < -0.4 is 10.6 Å². The molecule has 1 heterocycles. The molecule has 6 nitrogen and oxygen atoms in total. The monoisotopic (exact) mass is 365 g/mol. The largest absolute Gasteiger partial charge is 0.354 e. The van der Waals surface area contributed by atoms with Gasteiger partial charge in [-0.05, 0) is 37.1 Å². The normalized spacial score (nSPS) is 14.8. The molecule has 0 unspecified atom stereocenters. The van der Waals surface area contributed by atoms with Crippen LogP contribution >= 0.6 is 11.6 Å². The summed E-state index contributed by atoms with van der Waals surface area (Å²) in [7, 11) is 0. The highest BCUT2D eigenvalue weighted by Gasteiger charge is 2.16. The maximum Gasteiger partial charge on any atom is 0.251 e. The van der Waals surface area contributed by atoms with Crippen molar-refractivity contribution in [2.75, 3.05) is 26.2 Å². The van der Waals surface area contributed by atoms with Crippen LogP contribution in [-0.4, -0.2) is 48.8 Å². The first-order valence-electron chi connectivity index (χ1n) is 8.64. The third kappa shape index (κ3) is 6.74. The van der Waals surface area contributed by atoms with Crippen molar-refractivity contribution in [2.45, 2.75) is 32.1 Å². The first-order valence-corrected chi connectivity index (χ1v) is 9.02. The number of hydrogen-bond donors (Lipinski definition) is 2. The predicted octanol–water partition coefficient (Wildman–Crippen LogP) is 1.98. The van der Waals surface area contributed by atoms with E-state index in [-0.39, 0.29) is 30.7 Å². The van der Waals surface area contributed by atoms with Gasteiger partial charge >= 0.3 is 0 Å². The number of nitrogens with one attached hydrogen (secondary N) is 2. The summed E-state index contributed by atoms with van der Waals surface area (Å²) in [5, 5.41) is 6.06. The molecular weight excluding hydrogens is 342 g/mol. The molecule has 0 aliphatic carbocycles. The number of halogens is 1. The van der Waals surface area contributed by atoms with Crippen LogP contribution in [0.25, 0.3) is 0 Å². The van der Waals surface area contributed by atoms with Crippen LogP contribution in [0, 0.1) is 0 Å². The summed E-state index contributed by atoms with van der Waals surface area (Å²) in [6, 6.07) is 6.56. The fourth-order valence-corrected chi connectivity index (χ4v) is 2.81. The molecule has 1 saturated heterocycles. The maximum absolute atomic E-state index is 11.9. The SMILES string of the molecule is O=C(CCNC(=O)c1ccc(Cl)cc1)NCCN1CCCCCC1=O. The van der Waals surface area contributed by atoms with Crippen LogP contribution in [0.15, 0.2) is 24.3 Å². The molecule has 0 spiro atoms. The molecule has 1 aromatic carbocycles. The van der Waals surface area contributed by atoms with Gasteiger partial charge in [-0.3, -0.25) is 14.4 Å². The standard InChI is InChI=1S/C18H24ClN3O3/c19-15-7-5-14(6-8-15)18(25)21-10-9-16(23)20-11-13-22-12-3-1-2-4-17(22)24/h5-8H,1-4,9-13H2,(H,20,23)(H,21,25). The molecule has 1 aromatic rings. The average molecular weight is 366 g/mol. The molecule has 7 heteroatoms. The molecule has 0 saturated carbocycles. The number of rotatable bonds is 7. The van der Waals surface area contributed by atoms with Gasteiger partial charge in [0.2, 0.25) is 11.8 Å². The summed E-state index contributed by atoms with van der Waals surface area (Å²) in [5.74, 6) is -0.208. The molecule has 1 aliphatic rings. The minimum atomic E-state index is -0.236. The highest BCUT2D eigenvalue weighted by Crippen LogP contribution is 2.10. The second-order valence-corrected chi connectivity index (χ2v) is 6.49. The van der Waals surface area contributed by atoms with Gasteiger partial charge in [-0.1, -0.05) is 18.0 Å². The Balaban J connectivity index is 1.61. The van der Waals surface area contributed by atoms with Gasteiger partial charge < -0.3 is 15.5 Å². The van der Waals surface area contributed by atoms with E-state index in [0.29, 0.717) is 30.1 Å². The summed E-state index contributed by atoms with van der Waals surface area (Å²) in [4.78, 5) is 37.4. The van der Waals surface area contributed by atoms with E-state index in [2.05, 4.69) is 10.6 Å².